The number of aliphatic hydroxyl groups excluding tert-OH is 1. The quantitative estimate of drug-likeness (QED) is 0.860. The van der Waals surface area contributed by atoms with Gasteiger partial charge < -0.3 is 5.11 Å². The number of likely N-dealkylation sites (N-methyl/N-ethyl adjacent to an activating group) is 1. The summed E-state index contributed by atoms with van der Waals surface area (Å²) in [7, 11) is 0. The van der Waals surface area contributed by atoms with E-state index in [1.54, 1.807) is 0 Å². The molecule has 0 aliphatic rings. The second-order valence-electron chi connectivity index (χ2n) is 5.32. The zero-order valence-electron chi connectivity index (χ0n) is 12.1. The van der Waals surface area contributed by atoms with E-state index in [0.717, 1.165) is 18.7 Å². The van der Waals surface area contributed by atoms with Crippen LogP contribution >= 0.6 is 15.9 Å². The lowest BCUT2D eigenvalue weighted by Gasteiger charge is -2.41. The number of benzene rings is 1. The van der Waals surface area contributed by atoms with Crippen LogP contribution in [0.5, 0.6) is 0 Å². The van der Waals surface area contributed by atoms with Gasteiger partial charge in [0.1, 0.15) is 5.82 Å². The van der Waals surface area contributed by atoms with E-state index in [9.17, 15) is 9.50 Å². The molecule has 2 nitrogen and oxygen atoms in total. The van der Waals surface area contributed by atoms with Gasteiger partial charge in [-0.1, -0.05) is 29.8 Å². The van der Waals surface area contributed by atoms with Crippen LogP contribution in [0.15, 0.2) is 22.7 Å². The molecule has 19 heavy (non-hydrogen) atoms. The number of aliphatic hydroxyl groups is 1. The summed E-state index contributed by atoms with van der Waals surface area (Å²) in [5, 5.41) is 10.5. The summed E-state index contributed by atoms with van der Waals surface area (Å²) >= 11 is 3.28. The van der Waals surface area contributed by atoms with E-state index in [1.807, 2.05) is 19.9 Å². The maximum absolute atomic E-state index is 13.3. The molecule has 0 amide bonds. The van der Waals surface area contributed by atoms with E-state index < -0.39 is 6.10 Å². The van der Waals surface area contributed by atoms with Crippen molar-refractivity contribution >= 4 is 15.9 Å². The summed E-state index contributed by atoms with van der Waals surface area (Å²) in [5.74, 6) is -0.280. The third-order valence-electron chi connectivity index (χ3n) is 3.75. The minimum Gasteiger partial charge on any atom is -0.391 e. The zero-order valence-corrected chi connectivity index (χ0v) is 13.7. The molecule has 0 bridgehead atoms. The lowest BCUT2D eigenvalue weighted by molar-refractivity contribution is -0.00418. The molecule has 0 aliphatic carbocycles. The molecular weight excluding hydrogens is 309 g/mol. The smallest absolute Gasteiger partial charge is 0.124 e. The molecule has 1 aromatic carbocycles. The molecule has 1 atom stereocenters. The lowest BCUT2D eigenvalue weighted by atomic mass is 9.90. The van der Waals surface area contributed by atoms with E-state index in [1.165, 1.54) is 12.1 Å². The van der Waals surface area contributed by atoms with E-state index in [-0.39, 0.29) is 11.4 Å². The first kappa shape index (κ1) is 16.6. The molecule has 1 rings (SSSR count). The Labute approximate surface area is 123 Å². The largest absolute Gasteiger partial charge is 0.391 e. The molecule has 0 spiro atoms. The van der Waals surface area contributed by atoms with Crippen LogP contribution in [0.4, 0.5) is 4.39 Å². The lowest BCUT2D eigenvalue weighted by Crippen LogP contribution is -2.53. The molecule has 0 radical (unpaired) electrons. The van der Waals surface area contributed by atoms with E-state index in [2.05, 4.69) is 34.7 Å². The van der Waals surface area contributed by atoms with Gasteiger partial charge in [0.05, 0.1) is 6.10 Å². The molecule has 0 aliphatic heterocycles. The summed E-state index contributed by atoms with van der Waals surface area (Å²) in [6.45, 7) is 9.98. The Morgan fingerprint density at radius 1 is 1.26 bits per heavy atom. The molecule has 4 heteroatoms. The van der Waals surface area contributed by atoms with Gasteiger partial charge in [-0.15, -0.1) is 0 Å². The molecule has 0 saturated carbocycles. The Kier molecular flexibility index (Phi) is 5.96. The molecule has 1 N–H and O–H groups in total. The maximum Gasteiger partial charge on any atom is 0.124 e. The van der Waals surface area contributed by atoms with Crippen molar-refractivity contribution in [3.8, 4) is 0 Å². The molecule has 0 aromatic heterocycles. The standard InChI is InChI=1S/C15H23BrFNO/c1-5-18(6-2)15(3,4)14(19)9-11-7-12(16)10-13(17)8-11/h7-8,10,14,19H,5-6,9H2,1-4H3. The third-order valence-corrected chi connectivity index (χ3v) is 4.20. The van der Waals surface area contributed by atoms with Crippen molar-refractivity contribution in [2.24, 2.45) is 0 Å². The van der Waals surface area contributed by atoms with E-state index in [0.29, 0.717) is 10.9 Å². The summed E-state index contributed by atoms with van der Waals surface area (Å²) in [5.41, 5.74) is 0.474. The molecule has 108 valence electrons. The number of hydrogen-bond donors (Lipinski definition) is 1. The fourth-order valence-electron chi connectivity index (χ4n) is 2.45. The van der Waals surface area contributed by atoms with Gasteiger partial charge in [0.25, 0.3) is 0 Å². The topological polar surface area (TPSA) is 23.5 Å². The summed E-state index contributed by atoms with van der Waals surface area (Å²) in [6, 6.07) is 4.75. The highest BCUT2D eigenvalue weighted by atomic mass is 79.9. The highest BCUT2D eigenvalue weighted by Gasteiger charge is 2.32. The van der Waals surface area contributed by atoms with Crippen molar-refractivity contribution in [3.63, 3.8) is 0 Å². The minimum atomic E-state index is -0.541. The minimum absolute atomic E-state index is 0.280. The van der Waals surface area contributed by atoms with E-state index >= 15 is 0 Å². The van der Waals surface area contributed by atoms with Crippen molar-refractivity contribution in [1.29, 1.82) is 0 Å². The number of halogens is 2. The average molecular weight is 332 g/mol. The summed E-state index contributed by atoms with van der Waals surface area (Å²) in [4.78, 5) is 2.21. The van der Waals surface area contributed by atoms with Gasteiger partial charge in [0, 0.05) is 16.4 Å². The molecule has 0 fully saturated rings. The zero-order chi connectivity index (χ0) is 14.6. The molecule has 1 aromatic rings. The van der Waals surface area contributed by atoms with Gasteiger partial charge in [0.15, 0.2) is 0 Å². The van der Waals surface area contributed by atoms with Crippen LogP contribution in [0.3, 0.4) is 0 Å². The van der Waals surface area contributed by atoms with Gasteiger partial charge in [-0.25, -0.2) is 4.39 Å². The van der Waals surface area contributed by atoms with Crippen LogP contribution in [0.1, 0.15) is 33.3 Å². The number of nitrogens with zero attached hydrogens (tertiary/aromatic N) is 1. The first-order valence-electron chi connectivity index (χ1n) is 6.69. The fraction of sp³-hybridized carbons (Fsp3) is 0.600. The second kappa shape index (κ2) is 6.82. The predicted molar refractivity (Wildman–Crippen MR) is 80.8 cm³/mol. The van der Waals surface area contributed by atoms with Crippen molar-refractivity contribution < 1.29 is 9.50 Å². The second-order valence-corrected chi connectivity index (χ2v) is 6.24. The van der Waals surface area contributed by atoms with Crippen molar-refractivity contribution in [2.45, 2.75) is 45.8 Å². The van der Waals surface area contributed by atoms with Gasteiger partial charge in [-0.2, -0.15) is 0 Å². The Morgan fingerprint density at radius 2 is 1.84 bits per heavy atom. The Morgan fingerprint density at radius 3 is 2.32 bits per heavy atom. The van der Waals surface area contributed by atoms with Crippen molar-refractivity contribution in [2.75, 3.05) is 13.1 Å². The normalized spacial score (nSPS) is 13.9. The molecule has 1 unspecified atom stereocenters. The van der Waals surface area contributed by atoms with Gasteiger partial charge >= 0.3 is 0 Å². The van der Waals surface area contributed by atoms with Gasteiger partial charge in [0.2, 0.25) is 0 Å². The highest BCUT2D eigenvalue weighted by Crippen LogP contribution is 2.23. The fourth-order valence-corrected chi connectivity index (χ4v) is 2.96. The molecular formula is C15H23BrFNO. The van der Waals surface area contributed by atoms with Crippen LogP contribution in [0, 0.1) is 5.82 Å². The van der Waals surface area contributed by atoms with Crippen LogP contribution in [-0.4, -0.2) is 34.7 Å². The maximum atomic E-state index is 13.3. The first-order chi connectivity index (χ1) is 8.81. The summed E-state index contributed by atoms with van der Waals surface area (Å²) in [6.07, 6.45) is -0.0963. The first-order valence-corrected chi connectivity index (χ1v) is 7.48. The van der Waals surface area contributed by atoms with Crippen LogP contribution in [-0.2, 0) is 6.42 Å². The highest BCUT2D eigenvalue weighted by molar-refractivity contribution is 9.10. The van der Waals surface area contributed by atoms with Crippen LogP contribution in [0.25, 0.3) is 0 Å². The Balaban J connectivity index is 2.86. The SMILES string of the molecule is CCN(CC)C(C)(C)C(O)Cc1cc(F)cc(Br)c1. The van der Waals surface area contributed by atoms with Crippen LogP contribution in [0.2, 0.25) is 0 Å². The third kappa shape index (κ3) is 4.26. The Bertz CT molecular complexity index is 398. The average Bonchev–Trinajstić information content (AvgIpc) is 2.28. The summed E-state index contributed by atoms with van der Waals surface area (Å²) < 4.78 is 14.0. The number of hydrogen-bond acceptors (Lipinski definition) is 2. The van der Waals surface area contributed by atoms with Crippen LogP contribution < -0.4 is 0 Å². The number of rotatable bonds is 6. The Hall–Kier alpha value is -0.450. The van der Waals surface area contributed by atoms with Crippen molar-refractivity contribution in [1.82, 2.24) is 4.90 Å². The predicted octanol–water partition coefficient (Wildman–Crippen LogP) is 3.61. The molecule has 0 saturated heterocycles. The van der Waals surface area contributed by atoms with Gasteiger partial charge in [-0.05, 0) is 50.7 Å². The monoisotopic (exact) mass is 331 g/mol. The molecule has 0 heterocycles. The van der Waals surface area contributed by atoms with E-state index in [4.69, 9.17) is 0 Å². The van der Waals surface area contributed by atoms with Gasteiger partial charge in [-0.3, -0.25) is 4.90 Å². The van der Waals surface area contributed by atoms with Crippen molar-refractivity contribution in [3.05, 3.63) is 34.1 Å².